The summed E-state index contributed by atoms with van der Waals surface area (Å²) in [5, 5.41) is 5.43. The zero-order chi connectivity index (χ0) is 15.1. The van der Waals surface area contributed by atoms with Crippen LogP contribution in [-0.4, -0.2) is 19.1 Å². The molecular weight excluding hydrogens is 268 g/mol. The van der Waals surface area contributed by atoms with Crippen LogP contribution >= 0.6 is 0 Å². The van der Waals surface area contributed by atoms with Crippen molar-refractivity contribution in [2.24, 2.45) is 0 Å². The van der Waals surface area contributed by atoms with E-state index in [4.69, 9.17) is 0 Å². The summed E-state index contributed by atoms with van der Waals surface area (Å²) < 4.78 is 4.52. The maximum Gasteiger partial charge on any atom is 0.407 e. The minimum absolute atomic E-state index is 0.193. The number of rotatable bonds is 4. The van der Waals surface area contributed by atoms with E-state index in [0.717, 1.165) is 5.56 Å². The number of amides is 2. The second-order valence-corrected chi connectivity index (χ2v) is 4.32. The lowest BCUT2D eigenvalue weighted by molar-refractivity contribution is 0.102. The van der Waals surface area contributed by atoms with Crippen molar-refractivity contribution in [2.45, 2.75) is 6.54 Å². The van der Waals surface area contributed by atoms with Crippen LogP contribution in [0.2, 0.25) is 0 Å². The fraction of sp³-hybridized carbons (Fsp3) is 0.125. The first kappa shape index (κ1) is 14.6. The van der Waals surface area contributed by atoms with Gasteiger partial charge in [-0.25, -0.2) is 4.79 Å². The number of carbonyl (C=O) groups is 2. The molecule has 5 heteroatoms. The minimum Gasteiger partial charge on any atom is -0.453 e. The van der Waals surface area contributed by atoms with Crippen LogP contribution < -0.4 is 10.6 Å². The highest BCUT2D eigenvalue weighted by molar-refractivity contribution is 6.04. The van der Waals surface area contributed by atoms with Crippen molar-refractivity contribution < 1.29 is 14.3 Å². The molecule has 108 valence electrons. The Morgan fingerprint density at radius 3 is 2.38 bits per heavy atom. The molecule has 0 unspecified atom stereocenters. The number of alkyl carbamates (subject to hydrolysis) is 1. The summed E-state index contributed by atoms with van der Waals surface area (Å²) in [4.78, 5) is 23.3. The molecule has 0 bridgehead atoms. The van der Waals surface area contributed by atoms with Crippen molar-refractivity contribution in [2.75, 3.05) is 12.4 Å². The number of anilines is 1. The molecule has 0 fully saturated rings. The number of carbonyl (C=O) groups excluding carboxylic acids is 2. The Morgan fingerprint density at radius 2 is 1.67 bits per heavy atom. The smallest absolute Gasteiger partial charge is 0.407 e. The van der Waals surface area contributed by atoms with Gasteiger partial charge in [-0.05, 0) is 23.8 Å². The van der Waals surface area contributed by atoms with Gasteiger partial charge in [-0.1, -0.05) is 36.4 Å². The van der Waals surface area contributed by atoms with Crippen molar-refractivity contribution in [1.29, 1.82) is 0 Å². The Kier molecular flexibility index (Phi) is 4.93. The highest BCUT2D eigenvalue weighted by Crippen LogP contribution is 2.16. The Bertz CT molecular complexity index is 626. The molecule has 0 aromatic heterocycles. The standard InChI is InChI=1S/C16H16N2O3/c1-21-16(20)17-11-13-9-5-6-10-14(13)18-15(19)12-7-3-2-4-8-12/h2-10H,11H2,1H3,(H,17,20)(H,18,19). The van der Waals surface area contributed by atoms with Gasteiger partial charge in [0.25, 0.3) is 5.91 Å². The SMILES string of the molecule is COC(=O)NCc1ccccc1NC(=O)c1ccccc1. The van der Waals surface area contributed by atoms with Gasteiger partial charge in [-0.2, -0.15) is 0 Å². The van der Waals surface area contributed by atoms with Crippen LogP contribution in [0.1, 0.15) is 15.9 Å². The van der Waals surface area contributed by atoms with Crippen molar-refractivity contribution in [3.05, 3.63) is 65.7 Å². The van der Waals surface area contributed by atoms with Crippen molar-refractivity contribution in [3.8, 4) is 0 Å². The second kappa shape index (κ2) is 7.09. The Hall–Kier alpha value is -2.82. The summed E-state index contributed by atoms with van der Waals surface area (Å²) in [6.45, 7) is 0.276. The van der Waals surface area contributed by atoms with Crippen molar-refractivity contribution >= 4 is 17.7 Å². The van der Waals surface area contributed by atoms with E-state index in [1.165, 1.54) is 7.11 Å². The third-order valence-corrected chi connectivity index (χ3v) is 2.91. The molecule has 0 aliphatic heterocycles. The van der Waals surface area contributed by atoms with Gasteiger partial charge in [0.15, 0.2) is 0 Å². The molecule has 0 heterocycles. The number of benzene rings is 2. The number of methoxy groups -OCH3 is 1. The second-order valence-electron chi connectivity index (χ2n) is 4.32. The predicted octanol–water partition coefficient (Wildman–Crippen LogP) is 2.79. The van der Waals surface area contributed by atoms with Crippen LogP contribution in [0.15, 0.2) is 54.6 Å². The van der Waals surface area contributed by atoms with Gasteiger partial charge < -0.3 is 15.4 Å². The van der Waals surface area contributed by atoms with Gasteiger partial charge >= 0.3 is 6.09 Å². The normalized spacial score (nSPS) is 9.76. The molecule has 0 radical (unpaired) electrons. The molecule has 2 N–H and O–H groups in total. The van der Waals surface area contributed by atoms with Gasteiger partial charge in [0, 0.05) is 17.8 Å². The zero-order valence-electron chi connectivity index (χ0n) is 11.6. The summed E-state index contributed by atoms with van der Waals surface area (Å²) in [5.74, 6) is -0.193. The van der Waals surface area contributed by atoms with Gasteiger partial charge in [0.2, 0.25) is 0 Å². The molecule has 0 aliphatic rings. The molecule has 2 aromatic rings. The minimum atomic E-state index is -0.515. The lowest BCUT2D eigenvalue weighted by Crippen LogP contribution is -2.23. The summed E-state index contributed by atoms with van der Waals surface area (Å²) in [6, 6.07) is 16.2. The monoisotopic (exact) mass is 284 g/mol. The van der Waals surface area contributed by atoms with Gasteiger partial charge in [0.05, 0.1) is 7.11 Å². The lowest BCUT2D eigenvalue weighted by Gasteiger charge is -2.11. The fourth-order valence-electron chi connectivity index (χ4n) is 1.82. The molecular formula is C16H16N2O3. The molecule has 5 nitrogen and oxygen atoms in total. The van der Waals surface area contributed by atoms with Crippen LogP contribution in [0, 0.1) is 0 Å². The van der Waals surface area contributed by atoms with Crippen molar-refractivity contribution in [1.82, 2.24) is 5.32 Å². The van der Waals surface area contributed by atoms with Crippen LogP contribution in [0.4, 0.5) is 10.5 Å². The number of hydrogen-bond acceptors (Lipinski definition) is 3. The Morgan fingerprint density at radius 1 is 1.00 bits per heavy atom. The molecule has 2 rings (SSSR count). The van der Waals surface area contributed by atoms with Crippen LogP contribution in [0.5, 0.6) is 0 Å². The van der Waals surface area contributed by atoms with E-state index in [0.29, 0.717) is 11.3 Å². The average molecular weight is 284 g/mol. The molecule has 21 heavy (non-hydrogen) atoms. The first-order chi connectivity index (χ1) is 10.2. The number of ether oxygens (including phenoxy) is 1. The largest absolute Gasteiger partial charge is 0.453 e. The molecule has 2 amide bonds. The van der Waals surface area contributed by atoms with Gasteiger partial charge in [-0.15, -0.1) is 0 Å². The summed E-state index contributed by atoms with van der Waals surface area (Å²) in [6.07, 6.45) is -0.515. The van der Waals surface area contributed by atoms with Gasteiger partial charge in [-0.3, -0.25) is 4.79 Å². The first-order valence-electron chi connectivity index (χ1n) is 6.47. The fourth-order valence-corrected chi connectivity index (χ4v) is 1.82. The van der Waals surface area contributed by atoms with Crippen LogP contribution in [0.25, 0.3) is 0 Å². The maximum absolute atomic E-state index is 12.1. The maximum atomic E-state index is 12.1. The Labute approximate surface area is 122 Å². The highest BCUT2D eigenvalue weighted by Gasteiger charge is 2.09. The van der Waals surface area contributed by atoms with Crippen molar-refractivity contribution in [3.63, 3.8) is 0 Å². The number of nitrogens with one attached hydrogen (secondary N) is 2. The highest BCUT2D eigenvalue weighted by atomic mass is 16.5. The number of para-hydroxylation sites is 1. The zero-order valence-corrected chi connectivity index (χ0v) is 11.6. The molecule has 0 aliphatic carbocycles. The third-order valence-electron chi connectivity index (χ3n) is 2.91. The number of hydrogen-bond donors (Lipinski definition) is 2. The molecule has 0 saturated carbocycles. The quantitative estimate of drug-likeness (QED) is 0.907. The summed E-state index contributed by atoms with van der Waals surface area (Å²) >= 11 is 0. The van der Waals surface area contributed by atoms with E-state index < -0.39 is 6.09 Å². The molecule has 2 aromatic carbocycles. The van der Waals surface area contributed by atoms with Gasteiger partial charge in [0.1, 0.15) is 0 Å². The molecule has 0 spiro atoms. The van der Waals surface area contributed by atoms with E-state index in [2.05, 4.69) is 15.4 Å². The lowest BCUT2D eigenvalue weighted by atomic mass is 10.1. The van der Waals surface area contributed by atoms with Crippen LogP contribution in [0.3, 0.4) is 0 Å². The topological polar surface area (TPSA) is 67.4 Å². The van der Waals surface area contributed by atoms with E-state index in [1.807, 2.05) is 24.3 Å². The summed E-state index contributed by atoms with van der Waals surface area (Å²) in [7, 11) is 1.30. The van der Waals surface area contributed by atoms with E-state index in [9.17, 15) is 9.59 Å². The van der Waals surface area contributed by atoms with Crippen LogP contribution in [-0.2, 0) is 11.3 Å². The Balaban J connectivity index is 2.09. The van der Waals surface area contributed by atoms with E-state index >= 15 is 0 Å². The molecule has 0 atom stereocenters. The average Bonchev–Trinajstić information content (AvgIpc) is 2.54. The molecule has 0 saturated heterocycles. The predicted molar refractivity (Wildman–Crippen MR) is 80.1 cm³/mol. The summed E-state index contributed by atoms with van der Waals surface area (Å²) in [5.41, 5.74) is 2.03. The van der Waals surface area contributed by atoms with E-state index in [1.54, 1.807) is 30.3 Å². The first-order valence-corrected chi connectivity index (χ1v) is 6.47. The van der Waals surface area contributed by atoms with E-state index in [-0.39, 0.29) is 12.5 Å². The third kappa shape index (κ3) is 4.07.